The third kappa shape index (κ3) is 2.79. The fourth-order valence-electron chi connectivity index (χ4n) is 1.42. The molecule has 4 heteroatoms. The van der Waals surface area contributed by atoms with Crippen LogP contribution in [0.4, 0.5) is 0 Å². The number of benzene rings is 1. The third-order valence-corrected chi connectivity index (χ3v) is 2.30. The van der Waals surface area contributed by atoms with Crippen molar-refractivity contribution in [2.45, 2.75) is 12.8 Å². The summed E-state index contributed by atoms with van der Waals surface area (Å²) in [5.74, 6) is 2.13. The van der Waals surface area contributed by atoms with Gasteiger partial charge in [-0.1, -0.05) is 30.3 Å². The van der Waals surface area contributed by atoms with Crippen LogP contribution in [0.5, 0.6) is 0 Å². The molecule has 17 heavy (non-hydrogen) atoms. The number of hydrogen-bond acceptors (Lipinski definition) is 3. The van der Waals surface area contributed by atoms with Crippen LogP contribution in [0.2, 0.25) is 0 Å². The summed E-state index contributed by atoms with van der Waals surface area (Å²) in [6, 6.07) is 9.66. The Hall–Kier alpha value is -2.41. The predicted molar refractivity (Wildman–Crippen MR) is 63.2 cm³/mol. The van der Waals surface area contributed by atoms with Crippen molar-refractivity contribution in [3.05, 3.63) is 47.9 Å². The van der Waals surface area contributed by atoms with E-state index in [-0.39, 0.29) is 5.91 Å². The standard InChI is InChI=1S/C13H12N2O2/c1-2-12-15-11(9-17-12)13(16)14-8-10-6-4-3-5-7-10/h1,3-7,9,12,15H,8H2,(H,14,16). The second kappa shape index (κ2) is 5.08. The van der Waals surface area contributed by atoms with Crippen molar-refractivity contribution in [3.63, 3.8) is 0 Å². The summed E-state index contributed by atoms with van der Waals surface area (Å²) < 4.78 is 5.02. The van der Waals surface area contributed by atoms with E-state index in [1.54, 1.807) is 0 Å². The van der Waals surface area contributed by atoms with Crippen molar-refractivity contribution in [1.29, 1.82) is 0 Å². The number of rotatable bonds is 3. The molecule has 1 aromatic carbocycles. The number of terminal acetylenes is 1. The van der Waals surface area contributed by atoms with Crippen LogP contribution in [-0.4, -0.2) is 12.1 Å². The zero-order valence-corrected chi connectivity index (χ0v) is 9.14. The van der Waals surface area contributed by atoms with Crippen molar-refractivity contribution in [2.24, 2.45) is 0 Å². The van der Waals surface area contributed by atoms with Crippen molar-refractivity contribution in [2.75, 3.05) is 0 Å². The fraction of sp³-hybridized carbons (Fsp3) is 0.154. The van der Waals surface area contributed by atoms with Crippen molar-refractivity contribution >= 4 is 5.91 Å². The van der Waals surface area contributed by atoms with E-state index in [1.807, 2.05) is 30.3 Å². The maximum absolute atomic E-state index is 11.7. The van der Waals surface area contributed by atoms with Gasteiger partial charge in [0.2, 0.25) is 6.23 Å². The van der Waals surface area contributed by atoms with Crippen LogP contribution >= 0.6 is 0 Å². The quantitative estimate of drug-likeness (QED) is 0.750. The van der Waals surface area contributed by atoms with E-state index in [2.05, 4.69) is 16.6 Å². The van der Waals surface area contributed by atoms with Crippen molar-refractivity contribution in [3.8, 4) is 12.3 Å². The molecule has 1 aliphatic rings. The fourth-order valence-corrected chi connectivity index (χ4v) is 1.42. The summed E-state index contributed by atoms with van der Waals surface area (Å²) in [4.78, 5) is 11.7. The smallest absolute Gasteiger partial charge is 0.270 e. The summed E-state index contributed by atoms with van der Waals surface area (Å²) in [5, 5.41) is 5.53. The number of hydrogen-bond donors (Lipinski definition) is 2. The maximum atomic E-state index is 11.7. The van der Waals surface area contributed by atoms with Crippen molar-refractivity contribution < 1.29 is 9.53 Å². The number of carbonyl (C=O) groups excluding carboxylic acids is 1. The third-order valence-electron chi connectivity index (χ3n) is 2.30. The molecule has 1 unspecified atom stereocenters. The van der Waals surface area contributed by atoms with Crippen LogP contribution in [0.15, 0.2) is 42.3 Å². The molecule has 2 N–H and O–H groups in total. The lowest BCUT2D eigenvalue weighted by atomic mass is 10.2. The van der Waals surface area contributed by atoms with Gasteiger partial charge in [0.1, 0.15) is 12.0 Å². The Labute approximate surface area is 99.7 Å². The lowest BCUT2D eigenvalue weighted by molar-refractivity contribution is -0.118. The van der Waals surface area contributed by atoms with Gasteiger partial charge >= 0.3 is 0 Å². The molecular weight excluding hydrogens is 216 g/mol. The Morgan fingerprint density at radius 1 is 1.47 bits per heavy atom. The van der Waals surface area contributed by atoms with E-state index in [0.29, 0.717) is 12.2 Å². The van der Waals surface area contributed by atoms with Gasteiger partial charge in [-0.3, -0.25) is 4.79 Å². The van der Waals surface area contributed by atoms with E-state index in [4.69, 9.17) is 11.2 Å². The largest absolute Gasteiger partial charge is 0.465 e. The molecule has 2 rings (SSSR count). The van der Waals surface area contributed by atoms with Gasteiger partial charge in [0, 0.05) is 6.54 Å². The molecule has 0 bridgehead atoms. The number of nitrogens with one attached hydrogen (secondary N) is 2. The summed E-state index contributed by atoms with van der Waals surface area (Å²) >= 11 is 0. The molecule has 0 spiro atoms. The van der Waals surface area contributed by atoms with Crippen LogP contribution < -0.4 is 10.6 Å². The predicted octanol–water partition coefficient (Wildman–Crippen LogP) is 0.723. The highest BCUT2D eigenvalue weighted by molar-refractivity contribution is 5.92. The van der Waals surface area contributed by atoms with Crippen molar-refractivity contribution in [1.82, 2.24) is 10.6 Å². The molecule has 0 saturated carbocycles. The minimum atomic E-state index is -0.549. The highest BCUT2D eigenvalue weighted by Gasteiger charge is 2.19. The Kier molecular flexibility index (Phi) is 3.31. The molecule has 0 radical (unpaired) electrons. The molecular formula is C13H12N2O2. The Balaban J connectivity index is 1.85. The summed E-state index contributed by atoms with van der Waals surface area (Å²) in [7, 11) is 0. The minimum absolute atomic E-state index is 0.230. The molecule has 0 aromatic heterocycles. The Morgan fingerprint density at radius 3 is 2.88 bits per heavy atom. The first-order valence-electron chi connectivity index (χ1n) is 5.20. The molecule has 0 aliphatic carbocycles. The van der Waals surface area contributed by atoms with E-state index < -0.39 is 6.23 Å². The van der Waals surface area contributed by atoms with Gasteiger partial charge < -0.3 is 15.4 Å². The monoisotopic (exact) mass is 228 g/mol. The van der Waals surface area contributed by atoms with Gasteiger partial charge in [0.05, 0.1) is 0 Å². The lowest BCUT2D eigenvalue weighted by Gasteiger charge is -2.07. The summed E-state index contributed by atoms with van der Waals surface area (Å²) in [5.41, 5.74) is 1.39. The summed E-state index contributed by atoms with van der Waals surface area (Å²) in [6.07, 6.45) is 5.95. The average Bonchev–Trinajstić information content (AvgIpc) is 2.86. The average molecular weight is 228 g/mol. The van der Waals surface area contributed by atoms with Gasteiger partial charge in [-0.2, -0.15) is 0 Å². The van der Waals surface area contributed by atoms with Gasteiger partial charge in [0.15, 0.2) is 0 Å². The molecule has 1 amide bonds. The topological polar surface area (TPSA) is 50.4 Å². The van der Waals surface area contributed by atoms with Crippen LogP contribution in [0.25, 0.3) is 0 Å². The number of ether oxygens (including phenoxy) is 1. The van der Waals surface area contributed by atoms with Gasteiger partial charge in [-0.05, 0) is 11.5 Å². The minimum Gasteiger partial charge on any atom is -0.465 e. The van der Waals surface area contributed by atoms with Crippen LogP contribution in [0.3, 0.4) is 0 Å². The summed E-state index contributed by atoms with van der Waals surface area (Å²) in [6.45, 7) is 0.472. The molecule has 1 aromatic rings. The highest BCUT2D eigenvalue weighted by Crippen LogP contribution is 2.05. The van der Waals surface area contributed by atoms with Crippen LogP contribution in [0.1, 0.15) is 5.56 Å². The molecule has 0 saturated heterocycles. The van der Waals surface area contributed by atoms with E-state index in [9.17, 15) is 4.79 Å². The number of amides is 1. The van der Waals surface area contributed by atoms with Crippen LogP contribution in [0, 0.1) is 12.3 Å². The van der Waals surface area contributed by atoms with E-state index in [1.165, 1.54) is 6.26 Å². The molecule has 1 aliphatic heterocycles. The molecule has 4 nitrogen and oxygen atoms in total. The molecule has 0 fully saturated rings. The van der Waals surface area contributed by atoms with Gasteiger partial charge in [-0.15, -0.1) is 6.42 Å². The SMILES string of the molecule is C#CC1NC(C(=O)NCc2ccccc2)=CO1. The van der Waals surface area contributed by atoms with E-state index >= 15 is 0 Å². The number of carbonyl (C=O) groups is 1. The maximum Gasteiger partial charge on any atom is 0.270 e. The van der Waals surface area contributed by atoms with Gasteiger partial charge in [-0.25, -0.2) is 0 Å². The Morgan fingerprint density at radius 2 is 2.24 bits per heavy atom. The lowest BCUT2D eigenvalue weighted by Crippen LogP contribution is -2.32. The normalized spacial score (nSPS) is 17.4. The zero-order valence-electron chi connectivity index (χ0n) is 9.14. The Bertz CT molecular complexity index is 474. The van der Waals surface area contributed by atoms with Crippen LogP contribution in [-0.2, 0) is 16.1 Å². The van der Waals surface area contributed by atoms with E-state index in [0.717, 1.165) is 5.56 Å². The first-order valence-corrected chi connectivity index (χ1v) is 5.20. The molecule has 1 atom stereocenters. The highest BCUT2D eigenvalue weighted by atomic mass is 16.5. The second-order valence-corrected chi connectivity index (χ2v) is 3.53. The first-order chi connectivity index (χ1) is 8.29. The molecule has 86 valence electrons. The first kappa shape index (κ1) is 11.1. The van der Waals surface area contributed by atoms with Gasteiger partial charge in [0.25, 0.3) is 5.91 Å². The molecule has 1 heterocycles. The zero-order chi connectivity index (χ0) is 12.1. The second-order valence-electron chi connectivity index (χ2n) is 3.53.